The van der Waals surface area contributed by atoms with Gasteiger partial charge in [0.1, 0.15) is 5.82 Å². The smallest absolute Gasteiger partial charge is 0.126 e. The minimum absolute atomic E-state index is 0.596. The highest BCUT2D eigenvalue weighted by atomic mass is 14.9. The van der Waals surface area contributed by atoms with Crippen LogP contribution in [0, 0.1) is 6.92 Å². The Morgan fingerprint density at radius 3 is 2.80 bits per heavy atom. The van der Waals surface area contributed by atoms with E-state index in [4.69, 9.17) is 5.73 Å². The first kappa shape index (κ1) is 6.86. The first-order valence-corrected chi connectivity index (χ1v) is 3.14. The van der Waals surface area contributed by atoms with Gasteiger partial charge in [-0.3, -0.25) is 0 Å². The van der Waals surface area contributed by atoms with Crippen molar-refractivity contribution in [2.24, 2.45) is 0 Å². The molecule has 1 heterocycles. The lowest BCUT2D eigenvalue weighted by molar-refractivity contribution is 1.27. The van der Waals surface area contributed by atoms with Crippen LogP contribution in [0.25, 0.3) is 0 Å². The van der Waals surface area contributed by atoms with Gasteiger partial charge in [-0.15, -0.1) is 0 Å². The third-order valence-corrected chi connectivity index (χ3v) is 1.41. The van der Waals surface area contributed by atoms with E-state index in [-0.39, 0.29) is 0 Å². The Morgan fingerprint density at radius 2 is 2.30 bits per heavy atom. The second kappa shape index (κ2) is 2.56. The normalized spacial score (nSPS) is 9.40. The van der Waals surface area contributed by atoms with E-state index in [1.165, 1.54) is 0 Å². The van der Waals surface area contributed by atoms with E-state index in [2.05, 4.69) is 10.3 Å². The lowest BCUT2D eigenvalue weighted by Gasteiger charge is -2.01. The van der Waals surface area contributed by atoms with Crippen molar-refractivity contribution in [2.75, 3.05) is 18.1 Å². The molecular formula is C7H11N3. The van der Waals surface area contributed by atoms with Crippen LogP contribution in [-0.4, -0.2) is 12.0 Å². The molecule has 0 radical (unpaired) electrons. The zero-order valence-electron chi connectivity index (χ0n) is 6.18. The van der Waals surface area contributed by atoms with Crippen molar-refractivity contribution in [1.82, 2.24) is 4.98 Å². The van der Waals surface area contributed by atoms with Crippen LogP contribution in [0.4, 0.5) is 11.5 Å². The predicted molar refractivity (Wildman–Crippen MR) is 42.9 cm³/mol. The molecule has 0 saturated heterocycles. The van der Waals surface area contributed by atoms with Crippen LogP contribution in [0.5, 0.6) is 0 Å². The maximum Gasteiger partial charge on any atom is 0.126 e. The first-order chi connectivity index (χ1) is 4.74. The molecule has 0 aliphatic rings. The molecule has 54 valence electrons. The van der Waals surface area contributed by atoms with Crippen LogP contribution < -0.4 is 11.1 Å². The fourth-order valence-electron chi connectivity index (χ4n) is 0.722. The average Bonchev–Trinajstić information content (AvgIpc) is 1.95. The highest BCUT2D eigenvalue weighted by Gasteiger charge is 1.93. The zero-order valence-corrected chi connectivity index (χ0v) is 6.18. The topological polar surface area (TPSA) is 50.9 Å². The summed E-state index contributed by atoms with van der Waals surface area (Å²) in [6.07, 6.45) is 1.71. The number of nitrogens with one attached hydrogen (secondary N) is 1. The summed E-state index contributed by atoms with van der Waals surface area (Å²) in [5.41, 5.74) is 7.50. The molecule has 0 aliphatic carbocycles. The molecule has 0 saturated carbocycles. The standard InChI is InChI=1S/C7H11N3/c1-5-3-6(9-2)4-10-7(5)8/h3-4,9H,1-2H3,(H2,8,10). The molecule has 3 heteroatoms. The molecule has 0 amide bonds. The van der Waals surface area contributed by atoms with Gasteiger partial charge in [0, 0.05) is 7.05 Å². The van der Waals surface area contributed by atoms with Gasteiger partial charge in [0.05, 0.1) is 11.9 Å². The Bertz CT molecular complexity index is 232. The van der Waals surface area contributed by atoms with Crippen molar-refractivity contribution >= 4 is 11.5 Å². The molecular weight excluding hydrogens is 126 g/mol. The molecule has 0 atom stereocenters. The van der Waals surface area contributed by atoms with Crippen molar-refractivity contribution < 1.29 is 0 Å². The third-order valence-electron chi connectivity index (χ3n) is 1.41. The van der Waals surface area contributed by atoms with Crippen LogP contribution in [0.1, 0.15) is 5.56 Å². The minimum atomic E-state index is 0.596. The summed E-state index contributed by atoms with van der Waals surface area (Å²) >= 11 is 0. The molecule has 1 aromatic heterocycles. The zero-order chi connectivity index (χ0) is 7.56. The van der Waals surface area contributed by atoms with Gasteiger partial charge in [0.25, 0.3) is 0 Å². The Balaban J connectivity index is 3.04. The van der Waals surface area contributed by atoms with Gasteiger partial charge in [0.15, 0.2) is 0 Å². The molecule has 10 heavy (non-hydrogen) atoms. The van der Waals surface area contributed by atoms with Crippen molar-refractivity contribution in [1.29, 1.82) is 0 Å². The number of aromatic nitrogens is 1. The predicted octanol–water partition coefficient (Wildman–Crippen LogP) is 1.01. The van der Waals surface area contributed by atoms with Crippen LogP contribution in [0.3, 0.4) is 0 Å². The summed E-state index contributed by atoms with van der Waals surface area (Å²) in [7, 11) is 1.85. The number of rotatable bonds is 1. The van der Waals surface area contributed by atoms with E-state index in [0.717, 1.165) is 11.3 Å². The fraction of sp³-hybridized carbons (Fsp3) is 0.286. The van der Waals surface area contributed by atoms with E-state index in [9.17, 15) is 0 Å². The molecule has 3 nitrogen and oxygen atoms in total. The molecule has 0 aromatic carbocycles. The van der Waals surface area contributed by atoms with Gasteiger partial charge in [-0.1, -0.05) is 0 Å². The number of anilines is 2. The largest absolute Gasteiger partial charge is 0.387 e. The summed E-state index contributed by atoms with van der Waals surface area (Å²) in [6, 6.07) is 1.96. The number of hydrogen-bond acceptors (Lipinski definition) is 3. The van der Waals surface area contributed by atoms with E-state index in [1.54, 1.807) is 6.20 Å². The minimum Gasteiger partial charge on any atom is -0.387 e. The number of aryl methyl sites for hydroxylation is 1. The molecule has 0 bridgehead atoms. The lowest BCUT2D eigenvalue weighted by Crippen LogP contribution is -1.96. The van der Waals surface area contributed by atoms with Gasteiger partial charge in [0.2, 0.25) is 0 Å². The summed E-state index contributed by atoms with van der Waals surface area (Å²) in [5.74, 6) is 0.596. The van der Waals surface area contributed by atoms with Crippen molar-refractivity contribution in [3.05, 3.63) is 17.8 Å². The Hall–Kier alpha value is -1.25. The third kappa shape index (κ3) is 1.18. The first-order valence-electron chi connectivity index (χ1n) is 3.14. The molecule has 0 aliphatic heterocycles. The lowest BCUT2D eigenvalue weighted by atomic mass is 10.3. The second-order valence-electron chi connectivity index (χ2n) is 2.18. The highest BCUT2D eigenvalue weighted by molar-refractivity contribution is 5.50. The summed E-state index contributed by atoms with van der Waals surface area (Å²) in [6.45, 7) is 1.93. The maximum absolute atomic E-state index is 5.50. The average molecular weight is 137 g/mol. The number of pyridine rings is 1. The molecule has 1 rings (SSSR count). The van der Waals surface area contributed by atoms with Crippen LogP contribution in [-0.2, 0) is 0 Å². The van der Waals surface area contributed by atoms with Crippen LogP contribution in [0.2, 0.25) is 0 Å². The van der Waals surface area contributed by atoms with Gasteiger partial charge in [-0.2, -0.15) is 0 Å². The fourth-order valence-corrected chi connectivity index (χ4v) is 0.722. The van der Waals surface area contributed by atoms with Gasteiger partial charge in [-0.05, 0) is 18.6 Å². The number of nitrogens with zero attached hydrogens (tertiary/aromatic N) is 1. The Morgan fingerprint density at radius 1 is 1.60 bits per heavy atom. The van der Waals surface area contributed by atoms with Gasteiger partial charge >= 0.3 is 0 Å². The quantitative estimate of drug-likeness (QED) is 0.607. The van der Waals surface area contributed by atoms with Gasteiger partial charge < -0.3 is 11.1 Å². The van der Waals surface area contributed by atoms with E-state index in [0.29, 0.717) is 5.82 Å². The SMILES string of the molecule is CNc1cnc(N)c(C)c1. The number of nitrogen functional groups attached to an aromatic ring is 1. The molecule has 3 N–H and O–H groups in total. The number of nitrogens with two attached hydrogens (primary N) is 1. The summed E-state index contributed by atoms with van der Waals surface area (Å²) in [4.78, 5) is 3.96. The maximum atomic E-state index is 5.50. The van der Waals surface area contributed by atoms with E-state index < -0.39 is 0 Å². The molecule has 1 aromatic rings. The molecule has 0 spiro atoms. The van der Waals surface area contributed by atoms with Crippen molar-refractivity contribution in [2.45, 2.75) is 6.92 Å². The number of hydrogen-bond donors (Lipinski definition) is 2. The second-order valence-corrected chi connectivity index (χ2v) is 2.18. The monoisotopic (exact) mass is 137 g/mol. The summed E-state index contributed by atoms with van der Waals surface area (Å²) in [5, 5.41) is 2.98. The van der Waals surface area contributed by atoms with Crippen LogP contribution >= 0.6 is 0 Å². The summed E-state index contributed by atoms with van der Waals surface area (Å²) < 4.78 is 0. The van der Waals surface area contributed by atoms with E-state index >= 15 is 0 Å². The molecule has 0 fully saturated rings. The Kier molecular flexibility index (Phi) is 1.76. The van der Waals surface area contributed by atoms with Crippen LogP contribution in [0.15, 0.2) is 12.3 Å². The van der Waals surface area contributed by atoms with Crippen molar-refractivity contribution in [3.63, 3.8) is 0 Å². The van der Waals surface area contributed by atoms with Crippen molar-refractivity contribution in [3.8, 4) is 0 Å². The Labute approximate surface area is 60.3 Å². The molecule has 0 unspecified atom stereocenters. The van der Waals surface area contributed by atoms with E-state index in [1.807, 2.05) is 20.0 Å². The highest BCUT2D eigenvalue weighted by Crippen LogP contribution is 2.11. The van der Waals surface area contributed by atoms with Gasteiger partial charge in [-0.25, -0.2) is 4.98 Å².